The topological polar surface area (TPSA) is 34.9 Å². The summed E-state index contributed by atoms with van der Waals surface area (Å²) in [6.07, 6.45) is 6.69. The average Bonchev–Trinajstić information content (AvgIpc) is 3.06. The lowest BCUT2D eigenvalue weighted by atomic mass is 9.99. The first-order valence-electron chi connectivity index (χ1n) is 6.78. The van der Waals surface area contributed by atoms with Gasteiger partial charge >= 0.3 is 0 Å². The van der Waals surface area contributed by atoms with Gasteiger partial charge in [0.2, 0.25) is 0 Å². The van der Waals surface area contributed by atoms with Crippen LogP contribution in [0, 0.1) is 12.8 Å². The van der Waals surface area contributed by atoms with Crippen LogP contribution in [0.4, 0.5) is 0 Å². The predicted molar refractivity (Wildman–Crippen MR) is 75.1 cm³/mol. The van der Waals surface area contributed by atoms with Gasteiger partial charge in [0, 0.05) is 23.9 Å². The Hall–Kier alpha value is -1.90. The van der Waals surface area contributed by atoms with Crippen LogP contribution in [0.5, 0.6) is 0 Å². The van der Waals surface area contributed by atoms with Crippen LogP contribution in [0.15, 0.2) is 30.6 Å². The van der Waals surface area contributed by atoms with Crippen LogP contribution < -0.4 is 0 Å². The normalized spacial score (nSPS) is 14.6. The van der Waals surface area contributed by atoms with Crippen molar-refractivity contribution in [1.29, 1.82) is 0 Å². The Kier molecular flexibility index (Phi) is 2.97. The molecule has 3 heteroatoms. The summed E-state index contributed by atoms with van der Waals surface area (Å²) in [7, 11) is 0. The minimum absolute atomic E-state index is 0.110. The molecule has 1 aliphatic carbocycles. The van der Waals surface area contributed by atoms with Crippen LogP contribution >= 0.6 is 0 Å². The number of hydrogen-bond acceptors (Lipinski definition) is 2. The summed E-state index contributed by atoms with van der Waals surface area (Å²) in [5.41, 5.74) is 4.19. The fourth-order valence-corrected chi connectivity index (χ4v) is 2.37. The highest BCUT2D eigenvalue weighted by Crippen LogP contribution is 2.31. The van der Waals surface area contributed by atoms with Crippen molar-refractivity contribution in [1.82, 2.24) is 9.78 Å². The lowest BCUT2D eigenvalue weighted by Gasteiger charge is -2.05. The van der Waals surface area contributed by atoms with Crippen LogP contribution in [-0.2, 0) is 6.54 Å². The number of nitrogens with zero attached hydrogens (tertiary/aromatic N) is 2. The molecule has 98 valence electrons. The van der Waals surface area contributed by atoms with Crippen LogP contribution in [0.1, 0.15) is 35.7 Å². The van der Waals surface area contributed by atoms with Gasteiger partial charge in [-0.1, -0.05) is 12.1 Å². The van der Waals surface area contributed by atoms with Gasteiger partial charge in [0.15, 0.2) is 5.78 Å². The van der Waals surface area contributed by atoms with E-state index in [0.29, 0.717) is 0 Å². The Morgan fingerprint density at radius 2 is 2.21 bits per heavy atom. The Balaban J connectivity index is 1.88. The van der Waals surface area contributed by atoms with Crippen LogP contribution in [0.2, 0.25) is 0 Å². The van der Waals surface area contributed by atoms with Crippen molar-refractivity contribution in [2.75, 3.05) is 0 Å². The minimum atomic E-state index is 0.110. The zero-order valence-corrected chi connectivity index (χ0v) is 11.4. The molecule has 0 spiro atoms. The maximum absolute atomic E-state index is 11.4. The molecule has 0 radical (unpaired) electrons. The summed E-state index contributed by atoms with van der Waals surface area (Å²) in [6.45, 7) is 4.67. The Morgan fingerprint density at radius 3 is 2.84 bits per heavy atom. The third kappa shape index (κ3) is 2.60. The van der Waals surface area contributed by atoms with Gasteiger partial charge in [-0.3, -0.25) is 9.48 Å². The summed E-state index contributed by atoms with van der Waals surface area (Å²) in [6, 6.07) is 5.86. The zero-order valence-electron chi connectivity index (χ0n) is 11.4. The monoisotopic (exact) mass is 254 g/mol. The molecule has 0 atom stereocenters. The molecule has 1 saturated carbocycles. The van der Waals surface area contributed by atoms with E-state index < -0.39 is 0 Å². The SMILES string of the molecule is CC(=O)c1ccc(-c2cnn(CC3CC3)c2)c(C)c1. The molecule has 3 rings (SSSR count). The summed E-state index contributed by atoms with van der Waals surface area (Å²) >= 11 is 0. The van der Waals surface area contributed by atoms with Crippen molar-refractivity contribution in [3.05, 3.63) is 41.7 Å². The second kappa shape index (κ2) is 4.65. The van der Waals surface area contributed by atoms with Crippen molar-refractivity contribution in [3.8, 4) is 11.1 Å². The van der Waals surface area contributed by atoms with E-state index in [9.17, 15) is 4.79 Å². The molecule has 0 N–H and O–H groups in total. The first-order chi connectivity index (χ1) is 9.13. The number of carbonyl (C=O) groups excluding carboxylic acids is 1. The number of aromatic nitrogens is 2. The first kappa shape index (κ1) is 12.2. The molecule has 19 heavy (non-hydrogen) atoms. The van der Waals surface area contributed by atoms with Crippen molar-refractivity contribution in [2.24, 2.45) is 5.92 Å². The Morgan fingerprint density at radius 1 is 1.42 bits per heavy atom. The van der Waals surface area contributed by atoms with Gasteiger partial charge < -0.3 is 0 Å². The number of rotatable bonds is 4. The highest BCUT2D eigenvalue weighted by atomic mass is 16.1. The molecular formula is C16H18N2O. The van der Waals surface area contributed by atoms with Crippen molar-refractivity contribution >= 4 is 5.78 Å². The van der Waals surface area contributed by atoms with E-state index in [1.165, 1.54) is 12.8 Å². The number of aryl methyl sites for hydroxylation is 1. The van der Waals surface area contributed by atoms with Crippen molar-refractivity contribution in [2.45, 2.75) is 33.2 Å². The Bertz CT molecular complexity index is 623. The largest absolute Gasteiger partial charge is 0.295 e. The van der Waals surface area contributed by atoms with Crippen molar-refractivity contribution < 1.29 is 4.79 Å². The van der Waals surface area contributed by atoms with Crippen LogP contribution in [-0.4, -0.2) is 15.6 Å². The molecule has 0 aliphatic heterocycles. The maximum Gasteiger partial charge on any atom is 0.159 e. The lowest BCUT2D eigenvalue weighted by molar-refractivity contribution is 0.101. The molecule has 0 unspecified atom stereocenters. The van der Waals surface area contributed by atoms with E-state index in [-0.39, 0.29) is 5.78 Å². The molecule has 1 aromatic carbocycles. The second-order valence-electron chi connectivity index (χ2n) is 5.48. The van der Waals surface area contributed by atoms with E-state index in [0.717, 1.165) is 34.7 Å². The second-order valence-corrected chi connectivity index (χ2v) is 5.48. The smallest absolute Gasteiger partial charge is 0.159 e. The fourth-order valence-electron chi connectivity index (χ4n) is 2.37. The van der Waals surface area contributed by atoms with Gasteiger partial charge in [-0.15, -0.1) is 0 Å². The van der Waals surface area contributed by atoms with E-state index in [1.807, 2.05) is 36.0 Å². The number of carbonyl (C=O) groups is 1. The molecule has 0 bridgehead atoms. The summed E-state index contributed by atoms with van der Waals surface area (Å²) < 4.78 is 2.03. The third-order valence-electron chi connectivity index (χ3n) is 3.72. The van der Waals surface area contributed by atoms with Crippen molar-refractivity contribution in [3.63, 3.8) is 0 Å². The zero-order chi connectivity index (χ0) is 13.4. The number of Topliss-reactive ketones (excluding diaryl/α,β-unsaturated/α-hetero) is 1. The van der Waals surface area contributed by atoms with Crippen LogP contribution in [0.3, 0.4) is 0 Å². The van der Waals surface area contributed by atoms with E-state index >= 15 is 0 Å². The van der Waals surface area contributed by atoms with E-state index in [2.05, 4.69) is 11.3 Å². The summed E-state index contributed by atoms with van der Waals surface area (Å²) in [5.74, 6) is 0.938. The molecule has 1 aromatic heterocycles. The van der Waals surface area contributed by atoms with Gasteiger partial charge in [0.25, 0.3) is 0 Å². The molecule has 1 fully saturated rings. The van der Waals surface area contributed by atoms with Gasteiger partial charge in [0.05, 0.1) is 6.20 Å². The molecule has 1 aliphatic rings. The van der Waals surface area contributed by atoms with Gasteiger partial charge in [-0.05, 0) is 49.8 Å². The minimum Gasteiger partial charge on any atom is -0.295 e. The molecule has 3 nitrogen and oxygen atoms in total. The average molecular weight is 254 g/mol. The Labute approximate surface area is 113 Å². The molecule has 2 aromatic rings. The molecule has 0 amide bonds. The van der Waals surface area contributed by atoms with E-state index in [4.69, 9.17) is 0 Å². The number of benzene rings is 1. The van der Waals surface area contributed by atoms with E-state index in [1.54, 1.807) is 6.92 Å². The quantitative estimate of drug-likeness (QED) is 0.783. The summed E-state index contributed by atoms with van der Waals surface area (Å²) in [5, 5.41) is 4.42. The first-order valence-corrected chi connectivity index (χ1v) is 6.78. The predicted octanol–water partition coefficient (Wildman–Crippen LogP) is 3.47. The van der Waals surface area contributed by atoms with Crippen LogP contribution in [0.25, 0.3) is 11.1 Å². The standard InChI is InChI=1S/C16H18N2O/c1-11-7-14(12(2)19)5-6-16(11)15-8-17-18(10-15)9-13-3-4-13/h5-8,10,13H,3-4,9H2,1-2H3. The summed E-state index contributed by atoms with van der Waals surface area (Å²) in [4.78, 5) is 11.4. The molecule has 1 heterocycles. The number of hydrogen-bond donors (Lipinski definition) is 0. The maximum atomic E-state index is 11.4. The van der Waals surface area contributed by atoms with Gasteiger partial charge in [-0.2, -0.15) is 5.10 Å². The number of ketones is 1. The highest BCUT2D eigenvalue weighted by Gasteiger charge is 2.22. The lowest BCUT2D eigenvalue weighted by Crippen LogP contribution is -1.99. The third-order valence-corrected chi connectivity index (χ3v) is 3.72. The van der Waals surface area contributed by atoms with Gasteiger partial charge in [-0.25, -0.2) is 0 Å². The molecular weight excluding hydrogens is 236 g/mol. The molecule has 0 saturated heterocycles. The van der Waals surface area contributed by atoms with Gasteiger partial charge in [0.1, 0.15) is 0 Å². The highest BCUT2D eigenvalue weighted by molar-refractivity contribution is 5.94. The fraction of sp³-hybridized carbons (Fsp3) is 0.375.